The van der Waals surface area contributed by atoms with E-state index in [1.165, 1.54) is 0 Å². The maximum Gasteiger partial charge on any atom is 0.233 e. The molecular formula is C17H25NO2S. The Morgan fingerprint density at radius 1 is 1.52 bits per heavy atom. The van der Waals surface area contributed by atoms with Gasteiger partial charge in [0.05, 0.1) is 11.3 Å². The van der Waals surface area contributed by atoms with Crippen LogP contribution in [0.1, 0.15) is 56.7 Å². The Morgan fingerprint density at radius 2 is 2.33 bits per heavy atom. The van der Waals surface area contributed by atoms with Gasteiger partial charge in [0.15, 0.2) is 0 Å². The number of carbonyl (C=O) groups is 1. The number of fused-ring (bicyclic) bond motifs is 1. The molecule has 0 spiro atoms. The molecule has 2 rings (SSSR count). The van der Waals surface area contributed by atoms with Crippen molar-refractivity contribution in [3.8, 4) is 5.75 Å². The molecule has 1 aliphatic carbocycles. The third-order valence-electron chi connectivity index (χ3n) is 4.03. The summed E-state index contributed by atoms with van der Waals surface area (Å²) in [7, 11) is 0. The van der Waals surface area contributed by atoms with Gasteiger partial charge < -0.3 is 10.4 Å². The van der Waals surface area contributed by atoms with Crippen LogP contribution in [0, 0.1) is 0 Å². The number of unbranched alkanes of at least 4 members (excludes halogenated alkanes) is 1. The van der Waals surface area contributed by atoms with Crippen molar-refractivity contribution in [2.75, 3.05) is 5.75 Å². The molecular weight excluding hydrogens is 282 g/mol. The molecule has 116 valence electrons. The number of carbonyl (C=O) groups excluding carboxylic acids is 1. The van der Waals surface area contributed by atoms with E-state index in [4.69, 9.17) is 0 Å². The Morgan fingerprint density at radius 3 is 3.10 bits per heavy atom. The summed E-state index contributed by atoms with van der Waals surface area (Å²) in [5.41, 5.74) is 2.08. The van der Waals surface area contributed by atoms with E-state index in [0.29, 0.717) is 5.75 Å². The lowest BCUT2D eigenvalue weighted by molar-refractivity contribution is -0.121. The summed E-state index contributed by atoms with van der Waals surface area (Å²) in [5.74, 6) is 1.50. The van der Waals surface area contributed by atoms with Crippen molar-refractivity contribution in [3.05, 3.63) is 29.3 Å². The van der Waals surface area contributed by atoms with E-state index in [-0.39, 0.29) is 17.2 Å². The summed E-state index contributed by atoms with van der Waals surface area (Å²) in [4.78, 5) is 12.3. The Balaban J connectivity index is 1.98. The number of rotatable bonds is 6. The molecule has 1 amide bonds. The molecule has 3 nitrogen and oxygen atoms in total. The van der Waals surface area contributed by atoms with E-state index >= 15 is 0 Å². The lowest BCUT2D eigenvalue weighted by Gasteiger charge is -2.28. The normalized spacial score (nSPS) is 18.9. The number of hydrogen-bond donors (Lipinski definition) is 2. The highest BCUT2D eigenvalue weighted by Crippen LogP contribution is 2.34. The largest absolute Gasteiger partial charge is 0.508 e. The van der Waals surface area contributed by atoms with Gasteiger partial charge in [0.1, 0.15) is 5.75 Å². The van der Waals surface area contributed by atoms with Crippen LogP contribution >= 0.6 is 11.8 Å². The molecule has 1 aliphatic rings. The summed E-state index contributed by atoms with van der Waals surface area (Å²) >= 11 is 1.72. The smallest absolute Gasteiger partial charge is 0.233 e. The highest BCUT2D eigenvalue weighted by atomic mass is 32.2. The predicted molar refractivity (Wildman–Crippen MR) is 88.8 cm³/mol. The van der Waals surface area contributed by atoms with Gasteiger partial charge in [-0.05, 0) is 55.6 Å². The zero-order valence-electron chi connectivity index (χ0n) is 12.9. The Kier molecular flexibility index (Phi) is 5.97. The molecule has 1 aromatic rings. The number of nitrogens with one attached hydrogen (secondary N) is 1. The second kappa shape index (κ2) is 7.74. The highest BCUT2D eigenvalue weighted by Gasteiger charge is 2.25. The van der Waals surface area contributed by atoms with Gasteiger partial charge in [-0.3, -0.25) is 4.79 Å². The average Bonchev–Trinajstić information content (AvgIpc) is 2.48. The number of amides is 1. The Bertz CT molecular complexity index is 490. The summed E-state index contributed by atoms with van der Waals surface area (Å²) in [6, 6.07) is 5.65. The second-order valence-corrected chi connectivity index (χ2v) is 7.11. The van der Waals surface area contributed by atoms with Crippen LogP contribution in [0.5, 0.6) is 5.75 Å². The van der Waals surface area contributed by atoms with Crippen LogP contribution in [-0.4, -0.2) is 22.0 Å². The minimum absolute atomic E-state index is 0.0146. The van der Waals surface area contributed by atoms with Crippen molar-refractivity contribution in [2.45, 2.75) is 57.2 Å². The third-order valence-corrected chi connectivity index (χ3v) is 5.27. The number of phenols is 1. The lowest BCUT2D eigenvalue weighted by atomic mass is 9.87. The molecule has 0 saturated carbocycles. The van der Waals surface area contributed by atoms with Gasteiger partial charge in [0.2, 0.25) is 5.91 Å². The average molecular weight is 307 g/mol. The molecule has 0 fully saturated rings. The minimum atomic E-state index is -0.0146. The summed E-state index contributed by atoms with van der Waals surface area (Å²) in [6.07, 6.45) is 5.18. The number of hydrogen-bond acceptors (Lipinski definition) is 3. The third kappa shape index (κ3) is 4.16. The van der Waals surface area contributed by atoms with Crippen LogP contribution < -0.4 is 5.32 Å². The number of benzene rings is 1. The van der Waals surface area contributed by atoms with Crippen LogP contribution in [-0.2, 0) is 11.2 Å². The standard InChI is InChI=1S/C17H25NO2S/c1-3-4-11-21-12(2)17(20)18-15-9-5-8-14-13(15)7-6-10-16(14)19/h6-7,10,12,15,19H,3-5,8-9,11H2,1-2H3,(H,18,20)/t12-,15+/m1/s1. The van der Waals surface area contributed by atoms with E-state index in [1.807, 2.05) is 19.1 Å². The second-order valence-electron chi connectivity index (χ2n) is 5.66. The van der Waals surface area contributed by atoms with Crippen LogP contribution in [0.25, 0.3) is 0 Å². The molecule has 0 aromatic heterocycles. The molecule has 1 aromatic carbocycles. The van der Waals surface area contributed by atoms with Crippen molar-refractivity contribution in [3.63, 3.8) is 0 Å². The van der Waals surface area contributed by atoms with Crippen molar-refractivity contribution in [2.24, 2.45) is 0 Å². The van der Waals surface area contributed by atoms with Crippen molar-refractivity contribution >= 4 is 17.7 Å². The maximum absolute atomic E-state index is 12.3. The van der Waals surface area contributed by atoms with Crippen molar-refractivity contribution in [1.29, 1.82) is 0 Å². The highest BCUT2D eigenvalue weighted by molar-refractivity contribution is 8.00. The van der Waals surface area contributed by atoms with Crippen LogP contribution in [0.3, 0.4) is 0 Å². The van der Waals surface area contributed by atoms with E-state index < -0.39 is 0 Å². The van der Waals surface area contributed by atoms with Gasteiger partial charge in [-0.2, -0.15) is 0 Å². The first kappa shape index (κ1) is 16.2. The fourth-order valence-corrected chi connectivity index (χ4v) is 3.78. The van der Waals surface area contributed by atoms with Crippen LogP contribution in [0.15, 0.2) is 18.2 Å². The topological polar surface area (TPSA) is 49.3 Å². The van der Waals surface area contributed by atoms with Crippen LogP contribution in [0.2, 0.25) is 0 Å². The first-order valence-corrected chi connectivity index (χ1v) is 8.91. The zero-order valence-corrected chi connectivity index (χ0v) is 13.7. The van der Waals surface area contributed by atoms with Crippen LogP contribution in [0.4, 0.5) is 0 Å². The molecule has 2 N–H and O–H groups in total. The summed E-state index contributed by atoms with van der Waals surface area (Å²) in [6.45, 7) is 4.14. The first-order chi connectivity index (χ1) is 10.1. The molecule has 0 radical (unpaired) electrons. The SMILES string of the molecule is CCCCS[C@H](C)C(=O)N[C@H]1CCCc2c(O)cccc21. The molecule has 0 bridgehead atoms. The van der Waals surface area contributed by atoms with Gasteiger partial charge in [0, 0.05) is 0 Å². The number of thioether (sulfide) groups is 1. The quantitative estimate of drug-likeness (QED) is 0.786. The van der Waals surface area contributed by atoms with Gasteiger partial charge in [0.25, 0.3) is 0 Å². The fraction of sp³-hybridized carbons (Fsp3) is 0.588. The number of phenolic OH excluding ortho intramolecular Hbond substituents is 1. The summed E-state index contributed by atoms with van der Waals surface area (Å²) in [5, 5.41) is 13.1. The van der Waals surface area contributed by atoms with Gasteiger partial charge in [-0.25, -0.2) is 0 Å². The zero-order chi connectivity index (χ0) is 15.2. The van der Waals surface area contributed by atoms with E-state index in [1.54, 1.807) is 17.8 Å². The molecule has 0 saturated heterocycles. The molecule has 4 heteroatoms. The molecule has 2 atom stereocenters. The lowest BCUT2D eigenvalue weighted by Crippen LogP contribution is -2.36. The first-order valence-electron chi connectivity index (χ1n) is 7.86. The maximum atomic E-state index is 12.3. The summed E-state index contributed by atoms with van der Waals surface area (Å²) < 4.78 is 0. The molecule has 0 unspecified atom stereocenters. The number of aromatic hydroxyl groups is 1. The monoisotopic (exact) mass is 307 g/mol. The Hall–Kier alpha value is -1.16. The van der Waals surface area contributed by atoms with Crippen molar-refractivity contribution < 1.29 is 9.90 Å². The minimum Gasteiger partial charge on any atom is -0.508 e. The molecule has 21 heavy (non-hydrogen) atoms. The van der Waals surface area contributed by atoms with E-state index in [9.17, 15) is 9.90 Å². The molecule has 0 aliphatic heterocycles. The van der Waals surface area contributed by atoms with Crippen molar-refractivity contribution in [1.82, 2.24) is 5.32 Å². The van der Waals surface area contributed by atoms with Gasteiger partial charge >= 0.3 is 0 Å². The molecule has 0 heterocycles. The van der Waals surface area contributed by atoms with Gasteiger partial charge in [-0.15, -0.1) is 11.8 Å². The Labute approximate surface area is 131 Å². The van der Waals surface area contributed by atoms with E-state index in [2.05, 4.69) is 12.2 Å². The van der Waals surface area contributed by atoms with Gasteiger partial charge in [-0.1, -0.05) is 25.5 Å². The van der Waals surface area contributed by atoms with E-state index in [0.717, 1.165) is 49.0 Å². The fourth-order valence-electron chi connectivity index (χ4n) is 2.75. The predicted octanol–water partition coefficient (Wildman–Crippen LogP) is 3.81.